The van der Waals surface area contributed by atoms with Crippen molar-refractivity contribution in [1.29, 1.82) is 0 Å². The van der Waals surface area contributed by atoms with Gasteiger partial charge in [-0.15, -0.1) is 0 Å². The molecule has 0 amide bonds. The summed E-state index contributed by atoms with van der Waals surface area (Å²) in [6.45, 7) is 0. The van der Waals surface area contributed by atoms with E-state index in [2.05, 4.69) is 216 Å². The van der Waals surface area contributed by atoms with Gasteiger partial charge in [0.1, 0.15) is 5.52 Å². The molecular weight excluding hydrogens is 781 g/mol. The number of aromatic nitrogens is 1. The Kier molecular flexibility index (Phi) is 9.12. The van der Waals surface area contributed by atoms with Crippen LogP contribution in [0.3, 0.4) is 0 Å². The highest BCUT2D eigenvalue weighted by atomic mass is 16.6. The molecule has 0 saturated heterocycles. The van der Waals surface area contributed by atoms with Crippen LogP contribution in [0.4, 0.5) is 17.1 Å². The molecule has 4 nitrogen and oxygen atoms in total. The molecule has 0 unspecified atom stereocenters. The van der Waals surface area contributed by atoms with Crippen molar-refractivity contribution >= 4 is 38.9 Å². The van der Waals surface area contributed by atoms with Crippen molar-refractivity contribution in [2.24, 2.45) is 0 Å². The van der Waals surface area contributed by atoms with E-state index in [9.17, 15) is 0 Å². The molecule has 0 N–H and O–H groups in total. The summed E-state index contributed by atoms with van der Waals surface area (Å²) in [5.74, 6) is 2.86. The molecule has 302 valence electrons. The summed E-state index contributed by atoms with van der Waals surface area (Å²) in [7, 11) is 0. The standard InChI is InChI=1S/C60H40N2O2/c1-4-12-41(13-5-1)44-24-31-50(32-25-44)61(51-33-26-45(27-34-51)42-14-6-2-7-15-42)52-35-28-46(29-36-52)43-20-22-47(23-21-43)48-30-38-55-54(40-48)53-37-39-58-60(64-57-19-11-10-18-56(57)63-58)59(53)62(55)49-16-8-3-9-17-49/h1-40H. The van der Waals surface area contributed by atoms with Crippen molar-refractivity contribution in [2.45, 2.75) is 0 Å². The van der Waals surface area contributed by atoms with Gasteiger partial charge >= 0.3 is 0 Å². The summed E-state index contributed by atoms with van der Waals surface area (Å²) in [5, 5.41) is 2.25. The lowest BCUT2D eigenvalue weighted by molar-refractivity contribution is 0.362. The summed E-state index contributed by atoms with van der Waals surface area (Å²) in [4.78, 5) is 2.33. The predicted octanol–water partition coefficient (Wildman–Crippen LogP) is 16.8. The van der Waals surface area contributed by atoms with Crippen LogP contribution in [0.15, 0.2) is 243 Å². The van der Waals surface area contributed by atoms with Gasteiger partial charge in [0.2, 0.25) is 0 Å². The van der Waals surface area contributed by atoms with E-state index in [1.165, 1.54) is 22.3 Å². The van der Waals surface area contributed by atoms with Gasteiger partial charge < -0.3 is 18.9 Å². The molecule has 1 aliphatic rings. The van der Waals surface area contributed by atoms with Gasteiger partial charge in [0.05, 0.1) is 5.52 Å². The fourth-order valence-corrected chi connectivity index (χ4v) is 9.08. The second-order valence-electron chi connectivity index (χ2n) is 16.1. The van der Waals surface area contributed by atoms with Crippen LogP contribution >= 0.6 is 0 Å². The Labute approximate surface area is 372 Å². The van der Waals surface area contributed by atoms with Crippen molar-refractivity contribution < 1.29 is 9.47 Å². The maximum atomic E-state index is 6.61. The van der Waals surface area contributed by atoms with Crippen LogP contribution in [0.25, 0.3) is 72.0 Å². The number of hydrogen-bond donors (Lipinski definition) is 0. The van der Waals surface area contributed by atoms with Crippen molar-refractivity contribution in [1.82, 2.24) is 4.57 Å². The van der Waals surface area contributed by atoms with E-state index in [4.69, 9.17) is 9.47 Å². The van der Waals surface area contributed by atoms with Crippen LogP contribution in [0.5, 0.6) is 23.0 Å². The highest BCUT2D eigenvalue weighted by Gasteiger charge is 2.26. The number of anilines is 3. The normalized spacial score (nSPS) is 11.7. The summed E-state index contributed by atoms with van der Waals surface area (Å²) in [5.41, 5.74) is 15.8. The Balaban J connectivity index is 0.870. The monoisotopic (exact) mass is 820 g/mol. The molecule has 0 bridgehead atoms. The minimum atomic E-state index is 0.706. The molecule has 10 aromatic carbocycles. The van der Waals surface area contributed by atoms with E-state index in [0.717, 1.165) is 78.3 Å². The van der Waals surface area contributed by atoms with E-state index < -0.39 is 0 Å². The van der Waals surface area contributed by atoms with Gasteiger partial charge in [0.25, 0.3) is 0 Å². The van der Waals surface area contributed by atoms with Gasteiger partial charge in [0, 0.05) is 33.5 Å². The topological polar surface area (TPSA) is 26.6 Å². The third-order valence-electron chi connectivity index (χ3n) is 12.3. The molecule has 0 spiro atoms. The molecule has 0 saturated carbocycles. The first-order chi connectivity index (χ1) is 31.7. The molecule has 11 aromatic rings. The van der Waals surface area contributed by atoms with E-state index in [-0.39, 0.29) is 0 Å². The largest absolute Gasteiger partial charge is 0.449 e. The number of nitrogens with zero attached hydrogens (tertiary/aromatic N) is 2. The third-order valence-corrected chi connectivity index (χ3v) is 12.3. The van der Waals surface area contributed by atoms with Crippen molar-refractivity contribution in [3.05, 3.63) is 243 Å². The molecule has 0 aliphatic carbocycles. The van der Waals surface area contributed by atoms with E-state index in [1.54, 1.807) is 0 Å². The average molecular weight is 821 g/mol. The lowest BCUT2D eigenvalue weighted by atomic mass is 9.98. The Morgan fingerprint density at radius 2 is 0.703 bits per heavy atom. The molecule has 0 atom stereocenters. The Bertz CT molecular complexity index is 3350. The van der Waals surface area contributed by atoms with Crippen LogP contribution in [-0.2, 0) is 0 Å². The second kappa shape index (κ2) is 15.7. The quantitative estimate of drug-likeness (QED) is 0.153. The number of fused-ring (bicyclic) bond motifs is 6. The minimum absolute atomic E-state index is 0.706. The highest BCUT2D eigenvalue weighted by Crippen LogP contribution is 2.51. The molecule has 12 rings (SSSR count). The van der Waals surface area contributed by atoms with Crippen molar-refractivity contribution in [2.75, 3.05) is 4.90 Å². The Morgan fingerprint density at radius 1 is 0.297 bits per heavy atom. The zero-order valence-electron chi connectivity index (χ0n) is 34.8. The predicted molar refractivity (Wildman–Crippen MR) is 264 cm³/mol. The minimum Gasteiger partial charge on any atom is -0.449 e. The van der Waals surface area contributed by atoms with Gasteiger partial charge in [-0.1, -0.05) is 158 Å². The molecule has 0 radical (unpaired) electrons. The molecule has 64 heavy (non-hydrogen) atoms. The van der Waals surface area contributed by atoms with Gasteiger partial charge in [0.15, 0.2) is 23.0 Å². The fraction of sp³-hybridized carbons (Fsp3) is 0. The number of benzene rings is 10. The zero-order chi connectivity index (χ0) is 42.4. The third kappa shape index (κ3) is 6.66. The molecule has 1 aliphatic heterocycles. The maximum absolute atomic E-state index is 6.61. The lowest BCUT2D eigenvalue weighted by Gasteiger charge is -2.26. The SMILES string of the molecule is c1ccc(-c2ccc(N(c3ccc(-c4ccccc4)cc3)c3ccc(-c4ccc(-c5ccc6c(c5)c5ccc7c(c5n6-c5ccccc5)Oc5ccccc5O7)cc4)cc3)cc2)cc1. The van der Waals surface area contributed by atoms with Crippen LogP contribution in [0.1, 0.15) is 0 Å². The lowest BCUT2D eigenvalue weighted by Crippen LogP contribution is -2.09. The summed E-state index contributed by atoms with van der Waals surface area (Å²) in [6.07, 6.45) is 0. The van der Waals surface area contributed by atoms with Gasteiger partial charge in [-0.25, -0.2) is 0 Å². The molecule has 0 fully saturated rings. The molecular formula is C60H40N2O2. The first kappa shape index (κ1) is 37.2. The van der Waals surface area contributed by atoms with Crippen LogP contribution < -0.4 is 14.4 Å². The van der Waals surface area contributed by atoms with Crippen LogP contribution in [0.2, 0.25) is 0 Å². The highest BCUT2D eigenvalue weighted by molar-refractivity contribution is 6.13. The molecule has 1 aromatic heterocycles. The maximum Gasteiger partial charge on any atom is 0.194 e. The Hall–Kier alpha value is -8.60. The number of para-hydroxylation sites is 3. The fourth-order valence-electron chi connectivity index (χ4n) is 9.08. The van der Waals surface area contributed by atoms with E-state index >= 15 is 0 Å². The Morgan fingerprint density at radius 3 is 1.22 bits per heavy atom. The second-order valence-corrected chi connectivity index (χ2v) is 16.1. The average Bonchev–Trinajstić information content (AvgIpc) is 3.71. The smallest absolute Gasteiger partial charge is 0.194 e. The number of hydrogen-bond acceptors (Lipinski definition) is 3. The first-order valence-electron chi connectivity index (χ1n) is 21.7. The van der Waals surface area contributed by atoms with E-state index in [1.807, 2.05) is 36.4 Å². The summed E-state index contributed by atoms with van der Waals surface area (Å²) in [6, 6.07) is 85.8. The van der Waals surface area contributed by atoms with Gasteiger partial charge in [-0.05, 0) is 129 Å². The van der Waals surface area contributed by atoms with Crippen molar-refractivity contribution in [3.8, 4) is 73.2 Å². The molecule has 2 heterocycles. The first-order valence-corrected chi connectivity index (χ1v) is 21.7. The van der Waals surface area contributed by atoms with Gasteiger partial charge in [-0.2, -0.15) is 0 Å². The van der Waals surface area contributed by atoms with Crippen LogP contribution in [0, 0.1) is 0 Å². The number of rotatable bonds is 8. The molecule has 4 heteroatoms. The zero-order valence-corrected chi connectivity index (χ0v) is 34.8. The van der Waals surface area contributed by atoms with Crippen LogP contribution in [-0.4, -0.2) is 4.57 Å². The van der Waals surface area contributed by atoms with E-state index in [0.29, 0.717) is 11.5 Å². The number of ether oxygens (including phenoxy) is 2. The summed E-state index contributed by atoms with van der Waals surface area (Å²) >= 11 is 0. The van der Waals surface area contributed by atoms with Crippen molar-refractivity contribution in [3.63, 3.8) is 0 Å². The van der Waals surface area contributed by atoms with Gasteiger partial charge in [-0.3, -0.25) is 0 Å². The summed E-state index contributed by atoms with van der Waals surface area (Å²) < 4.78 is 15.3.